The van der Waals surface area contributed by atoms with Crippen LogP contribution < -0.4 is 15.8 Å². The predicted molar refractivity (Wildman–Crippen MR) is 56.0 cm³/mol. The van der Waals surface area contributed by atoms with Crippen molar-refractivity contribution in [1.82, 2.24) is 5.32 Å². The van der Waals surface area contributed by atoms with Crippen LogP contribution in [0.25, 0.3) is 0 Å². The first-order valence-electron chi connectivity index (χ1n) is 4.54. The van der Waals surface area contributed by atoms with Gasteiger partial charge in [-0.15, -0.1) is 0 Å². The molecule has 0 atom stereocenters. The van der Waals surface area contributed by atoms with E-state index in [0.29, 0.717) is 18.8 Å². The van der Waals surface area contributed by atoms with Crippen molar-refractivity contribution in [3.8, 4) is 11.5 Å². The molecule has 0 radical (unpaired) electrons. The van der Waals surface area contributed by atoms with Crippen LogP contribution in [0, 0.1) is 0 Å². The largest absolute Gasteiger partial charge is 0.507 e. The van der Waals surface area contributed by atoms with Gasteiger partial charge in [0.1, 0.15) is 11.5 Å². The van der Waals surface area contributed by atoms with Crippen molar-refractivity contribution >= 4 is 5.91 Å². The number of ether oxygens (including phenoxy) is 1. The average molecular weight is 210 g/mol. The van der Waals surface area contributed by atoms with E-state index in [9.17, 15) is 9.90 Å². The van der Waals surface area contributed by atoms with Crippen LogP contribution in [-0.2, 0) is 0 Å². The van der Waals surface area contributed by atoms with Crippen LogP contribution in [0.3, 0.4) is 0 Å². The summed E-state index contributed by atoms with van der Waals surface area (Å²) in [4.78, 5) is 11.5. The lowest BCUT2D eigenvalue weighted by atomic mass is 10.2. The summed E-state index contributed by atoms with van der Waals surface area (Å²) in [6, 6.07) is 4.49. The molecule has 0 fully saturated rings. The normalized spacial score (nSPS) is 9.73. The van der Waals surface area contributed by atoms with Gasteiger partial charge in [-0.1, -0.05) is 0 Å². The van der Waals surface area contributed by atoms with E-state index in [1.54, 1.807) is 6.07 Å². The number of amides is 1. The minimum atomic E-state index is -0.347. The smallest absolute Gasteiger partial charge is 0.255 e. The average Bonchev–Trinajstić information content (AvgIpc) is 2.25. The zero-order valence-corrected chi connectivity index (χ0v) is 8.49. The summed E-state index contributed by atoms with van der Waals surface area (Å²) in [5, 5.41) is 12.1. The topological polar surface area (TPSA) is 84.6 Å². The summed E-state index contributed by atoms with van der Waals surface area (Å²) < 4.78 is 4.90. The minimum absolute atomic E-state index is 0.108. The van der Waals surface area contributed by atoms with Gasteiger partial charge < -0.3 is 20.9 Å². The maximum Gasteiger partial charge on any atom is 0.255 e. The van der Waals surface area contributed by atoms with Crippen LogP contribution >= 0.6 is 0 Å². The first kappa shape index (κ1) is 11.3. The number of carbonyl (C=O) groups excluding carboxylic acids is 1. The summed E-state index contributed by atoms with van der Waals surface area (Å²) in [7, 11) is 1.49. The van der Waals surface area contributed by atoms with Gasteiger partial charge in [0.05, 0.1) is 12.7 Å². The molecule has 5 nitrogen and oxygen atoms in total. The Labute approximate surface area is 87.9 Å². The highest BCUT2D eigenvalue weighted by molar-refractivity contribution is 5.96. The summed E-state index contributed by atoms with van der Waals surface area (Å²) in [5.74, 6) is 0.0485. The molecule has 1 aromatic rings. The van der Waals surface area contributed by atoms with Gasteiger partial charge in [0.25, 0.3) is 5.91 Å². The SMILES string of the molecule is COc1ccc(C(=O)NCCN)c(O)c1. The van der Waals surface area contributed by atoms with Crippen molar-refractivity contribution in [2.24, 2.45) is 5.73 Å². The molecule has 0 unspecified atom stereocenters. The fourth-order valence-corrected chi connectivity index (χ4v) is 1.11. The van der Waals surface area contributed by atoms with Crippen molar-refractivity contribution in [3.63, 3.8) is 0 Å². The minimum Gasteiger partial charge on any atom is -0.507 e. The first-order valence-corrected chi connectivity index (χ1v) is 4.54. The molecule has 0 aliphatic heterocycles. The number of methoxy groups -OCH3 is 1. The Hall–Kier alpha value is -1.75. The van der Waals surface area contributed by atoms with Crippen LogP contribution in [0.2, 0.25) is 0 Å². The van der Waals surface area contributed by atoms with E-state index < -0.39 is 0 Å². The van der Waals surface area contributed by atoms with Crippen LogP contribution in [0.5, 0.6) is 11.5 Å². The fraction of sp³-hybridized carbons (Fsp3) is 0.300. The number of hydrogen-bond acceptors (Lipinski definition) is 4. The molecule has 1 rings (SSSR count). The van der Waals surface area contributed by atoms with Crippen molar-refractivity contribution in [3.05, 3.63) is 23.8 Å². The lowest BCUT2D eigenvalue weighted by Gasteiger charge is -2.07. The Kier molecular flexibility index (Phi) is 3.93. The Morgan fingerprint density at radius 2 is 2.33 bits per heavy atom. The van der Waals surface area contributed by atoms with Crippen LogP contribution in [-0.4, -0.2) is 31.2 Å². The van der Waals surface area contributed by atoms with E-state index in [1.165, 1.54) is 19.2 Å². The Morgan fingerprint density at radius 1 is 1.60 bits per heavy atom. The number of aromatic hydroxyl groups is 1. The third-order valence-corrected chi connectivity index (χ3v) is 1.88. The predicted octanol–water partition coefficient (Wildman–Crippen LogP) is 0.0893. The highest BCUT2D eigenvalue weighted by Gasteiger charge is 2.10. The molecule has 0 saturated heterocycles. The number of nitrogens with one attached hydrogen (secondary N) is 1. The second-order valence-electron chi connectivity index (χ2n) is 2.93. The van der Waals surface area contributed by atoms with Gasteiger partial charge in [-0.3, -0.25) is 4.79 Å². The number of benzene rings is 1. The van der Waals surface area contributed by atoms with Crippen LogP contribution in [0.1, 0.15) is 10.4 Å². The van der Waals surface area contributed by atoms with Crippen molar-refractivity contribution < 1.29 is 14.6 Å². The molecular weight excluding hydrogens is 196 g/mol. The van der Waals surface area contributed by atoms with E-state index in [4.69, 9.17) is 10.5 Å². The number of rotatable bonds is 4. The number of hydrogen-bond donors (Lipinski definition) is 3. The van der Waals surface area contributed by atoms with Crippen molar-refractivity contribution in [1.29, 1.82) is 0 Å². The second-order valence-corrected chi connectivity index (χ2v) is 2.93. The number of carbonyl (C=O) groups is 1. The second kappa shape index (κ2) is 5.21. The van der Waals surface area contributed by atoms with E-state index in [2.05, 4.69) is 5.32 Å². The molecule has 0 heterocycles. The summed E-state index contributed by atoms with van der Waals surface area (Å²) in [5.41, 5.74) is 5.45. The molecule has 1 amide bonds. The zero-order valence-electron chi connectivity index (χ0n) is 8.49. The Balaban J connectivity index is 2.81. The summed E-state index contributed by atoms with van der Waals surface area (Å²) in [6.45, 7) is 0.743. The number of phenols is 1. The van der Waals surface area contributed by atoms with E-state index in [-0.39, 0.29) is 17.2 Å². The monoisotopic (exact) mass is 210 g/mol. The fourth-order valence-electron chi connectivity index (χ4n) is 1.11. The Bertz CT molecular complexity index is 353. The highest BCUT2D eigenvalue weighted by atomic mass is 16.5. The van der Waals surface area contributed by atoms with Crippen LogP contribution in [0.4, 0.5) is 0 Å². The standard InChI is InChI=1S/C10H14N2O3/c1-15-7-2-3-8(9(13)6-7)10(14)12-5-4-11/h2-3,6,13H,4-5,11H2,1H3,(H,12,14). The molecular formula is C10H14N2O3. The van der Waals surface area contributed by atoms with Gasteiger partial charge in [0, 0.05) is 19.2 Å². The third kappa shape index (κ3) is 2.85. The van der Waals surface area contributed by atoms with Gasteiger partial charge in [-0.05, 0) is 12.1 Å². The Morgan fingerprint density at radius 3 is 2.87 bits per heavy atom. The van der Waals surface area contributed by atoms with E-state index in [1.807, 2.05) is 0 Å². The van der Waals surface area contributed by atoms with Gasteiger partial charge in [-0.2, -0.15) is 0 Å². The lowest BCUT2D eigenvalue weighted by molar-refractivity contribution is 0.0952. The summed E-state index contributed by atoms with van der Waals surface area (Å²) >= 11 is 0. The van der Waals surface area contributed by atoms with Gasteiger partial charge in [0.2, 0.25) is 0 Å². The summed E-state index contributed by atoms with van der Waals surface area (Å²) in [6.07, 6.45) is 0. The van der Waals surface area contributed by atoms with Gasteiger partial charge in [0.15, 0.2) is 0 Å². The quantitative estimate of drug-likeness (QED) is 0.657. The van der Waals surface area contributed by atoms with Gasteiger partial charge in [-0.25, -0.2) is 0 Å². The van der Waals surface area contributed by atoms with Crippen LogP contribution in [0.15, 0.2) is 18.2 Å². The molecule has 0 spiro atoms. The molecule has 82 valence electrons. The maximum atomic E-state index is 11.5. The first-order chi connectivity index (χ1) is 7.19. The number of phenolic OH excluding ortho intramolecular Hbond substituents is 1. The molecule has 1 aromatic carbocycles. The van der Waals surface area contributed by atoms with Crippen molar-refractivity contribution in [2.75, 3.05) is 20.2 Å². The maximum absolute atomic E-state index is 11.5. The molecule has 0 aromatic heterocycles. The molecule has 0 bridgehead atoms. The molecule has 0 aliphatic rings. The molecule has 0 aliphatic carbocycles. The number of nitrogens with two attached hydrogens (primary N) is 1. The molecule has 15 heavy (non-hydrogen) atoms. The third-order valence-electron chi connectivity index (χ3n) is 1.88. The molecule has 0 saturated carbocycles. The molecule has 4 N–H and O–H groups in total. The van der Waals surface area contributed by atoms with E-state index in [0.717, 1.165) is 0 Å². The zero-order chi connectivity index (χ0) is 11.3. The highest BCUT2D eigenvalue weighted by Crippen LogP contribution is 2.22. The molecule has 5 heteroatoms. The van der Waals surface area contributed by atoms with Crippen molar-refractivity contribution in [2.45, 2.75) is 0 Å². The van der Waals surface area contributed by atoms with E-state index >= 15 is 0 Å². The lowest BCUT2D eigenvalue weighted by Crippen LogP contribution is -2.28. The van der Waals surface area contributed by atoms with Gasteiger partial charge >= 0.3 is 0 Å².